The third-order valence-electron chi connectivity index (χ3n) is 2.16. The Kier molecular flexibility index (Phi) is 3.49. The zero-order valence-electron chi connectivity index (χ0n) is 8.80. The molecular weight excluding hydrogens is 284 g/mol. The van der Waals surface area contributed by atoms with Gasteiger partial charge in [0.05, 0.1) is 6.42 Å². The maximum Gasteiger partial charge on any atom is 0.307 e. The molecule has 0 saturated carbocycles. The van der Waals surface area contributed by atoms with Crippen LogP contribution in [-0.2, 0) is 11.2 Å². The molecule has 0 spiro atoms. The quantitative estimate of drug-likeness (QED) is 0.944. The number of benzene rings is 1. The number of hydrogen-bond acceptors (Lipinski definition) is 3. The molecule has 1 aromatic carbocycles. The number of aromatic nitrogens is 2. The minimum absolute atomic E-state index is 0.0549. The Balaban J connectivity index is 2.23. The number of halogens is 1. The van der Waals surface area contributed by atoms with E-state index in [1.165, 1.54) is 0 Å². The standard InChI is InChI=1S/C12H9BrN2O2/c13-10-3-1-9(2-4-10)12-14-6-8(7-15-12)5-11(16)17/h1-4,6-7H,5H2,(H,16,17). The summed E-state index contributed by atoms with van der Waals surface area (Å²) in [5, 5.41) is 8.62. The number of rotatable bonds is 3. The SMILES string of the molecule is O=C(O)Cc1cnc(-c2ccc(Br)cc2)nc1. The van der Waals surface area contributed by atoms with Crippen LogP contribution in [0.1, 0.15) is 5.56 Å². The van der Waals surface area contributed by atoms with Gasteiger partial charge < -0.3 is 5.11 Å². The summed E-state index contributed by atoms with van der Waals surface area (Å²) < 4.78 is 0.990. The Morgan fingerprint density at radius 1 is 1.18 bits per heavy atom. The third-order valence-corrected chi connectivity index (χ3v) is 2.69. The molecule has 86 valence electrons. The lowest BCUT2D eigenvalue weighted by atomic mass is 10.2. The van der Waals surface area contributed by atoms with Crippen molar-refractivity contribution in [3.05, 3.63) is 46.7 Å². The van der Waals surface area contributed by atoms with Crippen molar-refractivity contribution in [2.45, 2.75) is 6.42 Å². The van der Waals surface area contributed by atoms with E-state index in [1.54, 1.807) is 12.4 Å². The van der Waals surface area contributed by atoms with Gasteiger partial charge in [0.25, 0.3) is 0 Å². The molecule has 2 rings (SSSR count). The molecule has 0 unspecified atom stereocenters. The third kappa shape index (κ3) is 3.10. The topological polar surface area (TPSA) is 63.1 Å². The van der Waals surface area contributed by atoms with Crippen molar-refractivity contribution in [2.24, 2.45) is 0 Å². The minimum Gasteiger partial charge on any atom is -0.481 e. The molecule has 4 nitrogen and oxygen atoms in total. The molecule has 2 aromatic rings. The number of hydrogen-bond donors (Lipinski definition) is 1. The van der Waals surface area contributed by atoms with Gasteiger partial charge in [0, 0.05) is 22.4 Å². The molecule has 0 saturated heterocycles. The van der Waals surface area contributed by atoms with Gasteiger partial charge in [-0.3, -0.25) is 4.79 Å². The zero-order chi connectivity index (χ0) is 12.3. The molecule has 0 fully saturated rings. The summed E-state index contributed by atoms with van der Waals surface area (Å²) in [5.74, 6) is -0.295. The van der Waals surface area contributed by atoms with Gasteiger partial charge in [0.2, 0.25) is 0 Å². The van der Waals surface area contributed by atoms with Crippen LogP contribution in [0.2, 0.25) is 0 Å². The lowest BCUT2D eigenvalue weighted by molar-refractivity contribution is -0.136. The van der Waals surface area contributed by atoms with Crippen molar-refractivity contribution in [2.75, 3.05) is 0 Å². The van der Waals surface area contributed by atoms with Crippen molar-refractivity contribution in [3.63, 3.8) is 0 Å². The first kappa shape index (κ1) is 11.7. The van der Waals surface area contributed by atoms with Gasteiger partial charge >= 0.3 is 5.97 Å². The molecule has 0 aliphatic rings. The second kappa shape index (κ2) is 5.05. The average molecular weight is 293 g/mol. The second-order valence-corrected chi connectivity index (χ2v) is 4.41. The zero-order valence-corrected chi connectivity index (χ0v) is 10.4. The summed E-state index contributed by atoms with van der Waals surface area (Å²) in [6.07, 6.45) is 3.03. The molecule has 0 bridgehead atoms. The highest BCUT2D eigenvalue weighted by molar-refractivity contribution is 9.10. The Morgan fingerprint density at radius 2 is 1.76 bits per heavy atom. The Morgan fingerprint density at radius 3 is 2.29 bits per heavy atom. The van der Waals surface area contributed by atoms with E-state index < -0.39 is 5.97 Å². The highest BCUT2D eigenvalue weighted by Crippen LogP contribution is 2.18. The van der Waals surface area contributed by atoms with Crippen molar-refractivity contribution < 1.29 is 9.90 Å². The Hall–Kier alpha value is -1.75. The van der Waals surface area contributed by atoms with Gasteiger partial charge in [-0.05, 0) is 17.7 Å². The Labute approximate surface area is 106 Å². The van der Waals surface area contributed by atoms with E-state index in [-0.39, 0.29) is 6.42 Å². The maximum absolute atomic E-state index is 10.5. The summed E-state index contributed by atoms with van der Waals surface area (Å²) in [7, 11) is 0. The molecule has 0 amide bonds. The van der Waals surface area contributed by atoms with Gasteiger partial charge in [-0.15, -0.1) is 0 Å². The van der Waals surface area contributed by atoms with Crippen LogP contribution >= 0.6 is 15.9 Å². The molecule has 1 heterocycles. The number of carboxylic acid groups (broad SMARTS) is 1. The van der Waals surface area contributed by atoms with Crippen LogP contribution < -0.4 is 0 Å². The van der Waals surface area contributed by atoms with Crippen molar-refractivity contribution in [1.82, 2.24) is 9.97 Å². The molecule has 17 heavy (non-hydrogen) atoms. The Bertz CT molecular complexity index is 523. The van der Waals surface area contributed by atoms with Crippen LogP contribution in [0.4, 0.5) is 0 Å². The molecule has 5 heteroatoms. The van der Waals surface area contributed by atoms with E-state index in [1.807, 2.05) is 24.3 Å². The van der Waals surface area contributed by atoms with Crippen molar-refractivity contribution in [3.8, 4) is 11.4 Å². The fourth-order valence-corrected chi connectivity index (χ4v) is 1.63. The molecular formula is C12H9BrN2O2. The fourth-order valence-electron chi connectivity index (χ4n) is 1.37. The summed E-state index contributed by atoms with van der Waals surface area (Å²) in [6, 6.07) is 7.61. The largest absolute Gasteiger partial charge is 0.481 e. The molecule has 1 N–H and O–H groups in total. The van der Waals surface area contributed by atoms with Crippen LogP contribution in [0.15, 0.2) is 41.1 Å². The minimum atomic E-state index is -0.884. The van der Waals surface area contributed by atoms with Gasteiger partial charge in [0.15, 0.2) is 5.82 Å². The smallest absolute Gasteiger partial charge is 0.307 e. The molecule has 1 aromatic heterocycles. The monoisotopic (exact) mass is 292 g/mol. The molecule has 0 aliphatic carbocycles. The normalized spacial score (nSPS) is 10.2. The van der Waals surface area contributed by atoms with Gasteiger partial charge in [-0.25, -0.2) is 9.97 Å². The number of aliphatic carboxylic acids is 1. The van der Waals surface area contributed by atoms with Gasteiger partial charge in [0.1, 0.15) is 0 Å². The van der Waals surface area contributed by atoms with Gasteiger partial charge in [-0.1, -0.05) is 28.1 Å². The van der Waals surface area contributed by atoms with E-state index >= 15 is 0 Å². The lowest BCUT2D eigenvalue weighted by Gasteiger charge is -2.01. The first-order valence-electron chi connectivity index (χ1n) is 4.94. The summed E-state index contributed by atoms with van der Waals surface area (Å²) in [4.78, 5) is 18.8. The first-order valence-corrected chi connectivity index (χ1v) is 5.73. The summed E-state index contributed by atoms with van der Waals surface area (Å²) in [5.41, 5.74) is 1.49. The predicted molar refractivity (Wildman–Crippen MR) is 66.5 cm³/mol. The van der Waals surface area contributed by atoms with Crippen LogP contribution in [0.5, 0.6) is 0 Å². The van der Waals surface area contributed by atoms with Crippen LogP contribution in [0.25, 0.3) is 11.4 Å². The second-order valence-electron chi connectivity index (χ2n) is 3.49. The summed E-state index contributed by atoms with van der Waals surface area (Å²) >= 11 is 3.35. The number of carbonyl (C=O) groups is 1. The van der Waals surface area contributed by atoms with E-state index in [4.69, 9.17) is 5.11 Å². The summed E-state index contributed by atoms with van der Waals surface area (Å²) in [6.45, 7) is 0. The number of carboxylic acids is 1. The highest BCUT2D eigenvalue weighted by Gasteiger charge is 2.04. The van der Waals surface area contributed by atoms with Crippen LogP contribution in [0.3, 0.4) is 0 Å². The van der Waals surface area contributed by atoms with E-state index in [0.717, 1.165) is 10.0 Å². The van der Waals surface area contributed by atoms with Crippen LogP contribution in [-0.4, -0.2) is 21.0 Å². The lowest BCUT2D eigenvalue weighted by Crippen LogP contribution is -2.01. The molecule has 0 radical (unpaired) electrons. The van der Waals surface area contributed by atoms with Crippen molar-refractivity contribution in [1.29, 1.82) is 0 Å². The average Bonchev–Trinajstić information content (AvgIpc) is 2.30. The highest BCUT2D eigenvalue weighted by atomic mass is 79.9. The maximum atomic E-state index is 10.5. The van der Waals surface area contributed by atoms with E-state index in [2.05, 4.69) is 25.9 Å². The number of nitrogens with zero attached hydrogens (tertiary/aromatic N) is 2. The first-order chi connectivity index (χ1) is 8.15. The predicted octanol–water partition coefficient (Wildman–Crippen LogP) is 2.53. The van der Waals surface area contributed by atoms with Crippen molar-refractivity contribution >= 4 is 21.9 Å². The molecule has 0 atom stereocenters. The molecule has 0 aliphatic heterocycles. The van der Waals surface area contributed by atoms with Crippen LogP contribution in [0, 0.1) is 0 Å². The fraction of sp³-hybridized carbons (Fsp3) is 0.0833. The van der Waals surface area contributed by atoms with E-state index in [9.17, 15) is 4.79 Å². The van der Waals surface area contributed by atoms with E-state index in [0.29, 0.717) is 11.4 Å². The van der Waals surface area contributed by atoms with Gasteiger partial charge in [-0.2, -0.15) is 0 Å².